The van der Waals surface area contributed by atoms with Crippen LogP contribution in [-0.4, -0.2) is 43.8 Å². The third-order valence-corrected chi connectivity index (χ3v) is 2.64. The van der Waals surface area contributed by atoms with Crippen LogP contribution in [0.2, 0.25) is 0 Å². The van der Waals surface area contributed by atoms with Gasteiger partial charge >= 0.3 is 5.97 Å². The quantitative estimate of drug-likeness (QED) is 0.688. The number of ether oxygens (including phenoxy) is 3. The first kappa shape index (κ1) is 12.4. The van der Waals surface area contributed by atoms with Crippen molar-refractivity contribution in [2.45, 2.75) is 38.3 Å². The fraction of sp³-hybridized carbons (Fsp3) is 0.900. The number of methoxy groups -OCH3 is 2. The maximum Gasteiger partial charge on any atom is 0.308 e. The van der Waals surface area contributed by atoms with Gasteiger partial charge in [-0.05, 0) is 6.42 Å². The number of aliphatic hydroxyl groups is 1. The van der Waals surface area contributed by atoms with Crippen molar-refractivity contribution < 1.29 is 24.1 Å². The number of hydrogen-bond acceptors (Lipinski definition) is 5. The maximum atomic E-state index is 11.2. The summed E-state index contributed by atoms with van der Waals surface area (Å²) in [6.07, 6.45) is -0.371. The van der Waals surface area contributed by atoms with Crippen molar-refractivity contribution >= 4 is 5.97 Å². The van der Waals surface area contributed by atoms with Gasteiger partial charge in [0.2, 0.25) is 0 Å². The number of carbonyl (C=O) groups is 1. The molecule has 0 aliphatic carbocycles. The van der Waals surface area contributed by atoms with E-state index in [1.165, 1.54) is 14.2 Å². The van der Waals surface area contributed by atoms with E-state index in [0.29, 0.717) is 12.8 Å². The van der Waals surface area contributed by atoms with Crippen molar-refractivity contribution in [1.82, 2.24) is 0 Å². The van der Waals surface area contributed by atoms with Crippen LogP contribution in [0, 0.1) is 5.92 Å². The lowest BCUT2D eigenvalue weighted by molar-refractivity contribution is -0.149. The van der Waals surface area contributed by atoms with Gasteiger partial charge in [0.1, 0.15) is 0 Å². The fourth-order valence-corrected chi connectivity index (χ4v) is 1.70. The molecule has 0 bridgehead atoms. The van der Waals surface area contributed by atoms with E-state index in [-0.39, 0.29) is 24.3 Å². The monoisotopic (exact) mass is 218 g/mol. The van der Waals surface area contributed by atoms with E-state index in [1.54, 1.807) is 6.92 Å². The highest BCUT2D eigenvalue weighted by Gasteiger charge is 2.35. The highest BCUT2D eigenvalue weighted by Crippen LogP contribution is 2.26. The fourth-order valence-electron chi connectivity index (χ4n) is 1.70. The second-order valence-electron chi connectivity index (χ2n) is 3.80. The minimum Gasteiger partial charge on any atom is -0.469 e. The zero-order chi connectivity index (χ0) is 11.4. The minimum absolute atomic E-state index is 0.273. The standard InChI is InChI=1S/C10H18O5/c1-6(10(12)14-3)4-8-7(11)5-9(13-2)15-8/h6-9,11H,4-5H2,1-3H3/t6-,7-,8-,9+/m0/s1. The molecule has 0 saturated carbocycles. The van der Waals surface area contributed by atoms with Gasteiger partial charge in [-0.3, -0.25) is 4.79 Å². The van der Waals surface area contributed by atoms with Crippen LogP contribution in [0.25, 0.3) is 0 Å². The van der Waals surface area contributed by atoms with Crippen LogP contribution in [0.5, 0.6) is 0 Å². The average molecular weight is 218 g/mol. The summed E-state index contributed by atoms with van der Waals surface area (Å²) >= 11 is 0. The van der Waals surface area contributed by atoms with E-state index in [1.807, 2.05) is 0 Å². The molecule has 1 aliphatic rings. The molecular formula is C10H18O5. The van der Waals surface area contributed by atoms with Gasteiger partial charge < -0.3 is 19.3 Å². The molecular weight excluding hydrogens is 200 g/mol. The molecule has 0 spiro atoms. The van der Waals surface area contributed by atoms with Gasteiger partial charge in [0.25, 0.3) is 0 Å². The largest absolute Gasteiger partial charge is 0.469 e. The predicted octanol–water partition coefficient (Wildman–Crippen LogP) is 0.308. The molecule has 0 radical (unpaired) electrons. The lowest BCUT2D eigenvalue weighted by Gasteiger charge is -2.17. The van der Waals surface area contributed by atoms with E-state index in [2.05, 4.69) is 4.74 Å². The van der Waals surface area contributed by atoms with Crippen molar-refractivity contribution in [1.29, 1.82) is 0 Å². The zero-order valence-electron chi connectivity index (χ0n) is 9.30. The van der Waals surface area contributed by atoms with Crippen molar-refractivity contribution in [3.63, 3.8) is 0 Å². The normalized spacial score (nSPS) is 32.7. The summed E-state index contributed by atoms with van der Waals surface area (Å²) in [5.41, 5.74) is 0. The molecule has 0 amide bonds. The SMILES string of the molecule is COC(=O)[C@@H](C)C[C@@H]1O[C@@H](OC)C[C@@H]1O. The topological polar surface area (TPSA) is 65.0 Å². The van der Waals surface area contributed by atoms with Crippen molar-refractivity contribution in [3.05, 3.63) is 0 Å². The Bertz CT molecular complexity index is 218. The van der Waals surface area contributed by atoms with Crippen molar-refractivity contribution in [3.8, 4) is 0 Å². The first-order chi connectivity index (χ1) is 7.08. The van der Waals surface area contributed by atoms with E-state index in [4.69, 9.17) is 9.47 Å². The smallest absolute Gasteiger partial charge is 0.308 e. The van der Waals surface area contributed by atoms with E-state index < -0.39 is 6.10 Å². The summed E-state index contributed by atoms with van der Waals surface area (Å²) in [5, 5.41) is 9.64. The number of hydrogen-bond donors (Lipinski definition) is 1. The predicted molar refractivity (Wildman–Crippen MR) is 52.1 cm³/mol. The average Bonchev–Trinajstić information content (AvgIpc) is 2.58. The maximum absolute atomic E-state index is 11.2. The molecule has 1 saturated heterocycles. The second kappa shape index (κ2) is 5.44. The van der Waals surface area contributed by atoms with Crippen LogP contribution >= 0.6 is 0 Å². The van der Waals surface area contributed by atoms with E-state index >= 15 is 0 Å². The van der Waals surface area contributed by atoms with Gasteiger partial charge in [-0.15, -0.1) is 0 Å². The molecule has 5 nitrogen and oxygen atoms in total. The lowest BCUT2D eigenvalue weighted by atomic mass is 10.0. The molecule has 0 unspecified atom stereocenters. The molecule has 5 heteroatoms. The minimum atomic E-state index is -0.568. The molecule has 1 heterocycles. The summed E-state index contributed by atoms with van der Waals surface area (Å²) in [5.74, 6) is -0.558. The second-order valence-corrected chi connectivity index (χ2v) is 3.80. The Morgan fingerprint density at radius 3 is 2.73 bits per heavy atom. The molecule has 4 atom stereocenters. The molecule has 0 aromatic heterocycles. The third-order valence-electron chi connectivity index (χ3n) is 2.64. The number of aliphatic hydroxyl groups excluding tert-OH is 1. The lowest BCUT2D eigenvalue weighted by Crippen LogP contribution is -2.27. The van der Waals surface area contributed by atoms with Gasteiger partial charge in [0.15, 0.2) is 6.29 Å². The number of esters is 1. The summed E-state index contributed by atoms with van der Waals surface area (Å²) in [7, 11) is 2.88. The molecule has 1 aliphatic heterocycles. The molecule has 0 aromatic rings. The Hall–Kier alpha value is -0.650. The van der Waals surface area contributed by atoms with Crippen LogP contribution in [0.15, 0.2) is 0 Å². The highest BCUT2D eigenvalue weighted by molar-refractivity contribution is 5.71. The van der Waals surface area contributed by atoms with Gasteiger partial charge in [0, 0.05) is 13.5 Å². The van der Waals surface area contributed by atoms with Crippen LogP contribution in [0.4, 0.5) is 0 Å². The first-order valence-electron chi connectivity index (χ1n) is 5.02. The molecule has 1 rings (SSSR count). The third kappa shape index (κ3) is 3.15. The zero-order valence-corrected chi connectivity index (χ0v) is 9.30. The summed E-state index contributed by atoms with van der Waals surface area (Å²) < 4.78 is 15.0. The molecule has 0 aromatic carbocycles. The molecule has 88 valence electrons. The van der Waals surface area contributed by atoms with Crippen LogP contribution in [0.3, 0.4) is 0 Å². The van der Waals surface area contributed by atoms with Crippen molar-refractivity contribution in [2.75, 3.05) is 14.2 Å². The van der Waals surface area contributed by atoms with Crippen molar-refractivity contribution in [2.24, 2.45) is 5.92 Å². The Morgan fingerprint density at radius 2 is 2.27 bits per heavy atom. The van der Waals surface area contributed by atoms with E-state index in [9.17, 15) is 9.90 Å². The molecule has 1 fully saturated rings. The Morgan fingerprint density at radius 1 is 1.60 bits per heavy atom. The van der Waals surface area contributed by atoms with E-state index in [0.717, 1.165) is 0 Å². The van der Waals surface area contributed by atoms with Crippen LogP contribution in [0.1, 0.15) is 19.8 Å². The number of rotatable bonds is 4. The van der Waals surface area contributed by atoms with Gasteiger partial charge in [0.05, 0.1) is 25.2 Å². The summed E-state index contributed by atoms with van der Waals surface area (Å²) in [6.45, 7) is 1.75. The highest BCUT2D eigenvalue weighted by atomic mass is 16.7. The Kier molecular flexibility index (Phi) is 4.50. The summed E-state index contributed by atoms with van der Waals surface area (Å²) in [4.78, 5) is 11.2. The molecule has 15 heavy (non-hydrogen) atoms. The number of carbonyl (C=O) groups excluding carboxylic acids is 1. The van der Waals surface area contributed by atoms with Gasteiger partial charge in [-0.1, -0.05) is 6.92 Å². The molecule has 1 N–H and O–H groups in total. The van der Waals surface area contributed by atoms with Crippen LogP contribution < -0.4 is 0 Å². The first-order valence-corrected chi connectivity index (χ1v) is 5.02. The Balaban J connectivity index is 2.42. The van der Waals surface area contributed by atoms with Gasteiger partial charge in [-0.2, -0.15) is 0 Å². The Labute approximate surface area is 89.3 Å². The van der Waals surface area contributed by atoms with Gasteiger partial charge in [-0.25, -0.2) is 0 Å². The van der Waals surface area contributed by atoms with Crippen LogP contribution in [-0.2, 0) is 19.0 Å². The summed E-state index contributed by atoms with van der Waals surface area (Å²) in [6, 6.07) is 0.